The molecule has 3 nitrogen and oxygen atoms in total. The summed E-state index contributed by atoms with van der Waals surface area (Å²) < 4.78 is 13.6. The number of halogens is 2. The summed E-state index contributed by atoms with van der Waals surface area (Å²) in [6, 6.07) is 7.33. The van der Waals surface area contributed by atoms with Gasteiger partial charge in [0.25, 0.3) is 0 Å². The molecule has 0 radical (unpaired) electrons. The van der Waals surface area contributed by atoms with Crippen molar-refractivity contribution in [3.8, 4) is 0 Å². The number of rotatable bonds is 4. The van der Waals surface area contributed by atoms with Crippen molar-refractivity contribution in [2.24, 2.45) is 5.92 Å². The number of carbonyl (C=O) groups is 1. The van der Waals surface area contributed by atoms with Crippen molar-refractivity contribution in [2.75, 3.05) is 6.54 Å². The summed E-state index contributed by atoms with van der Waals surface area (Å²) in [7, 11) is 0. The van der Waals surface area contributed by atoms with Crippen LogP contribution in [0.25, 0.3) is 0 Å². The van der Waals surface area contributed by atoms with E-state index in [2.05, 4.69) is 17.6 Å². The highest BCUT2D eigenvalue weighted by molar-refractivity contribution is 5.85. The fraction of sp³-hybridized carbons (Fsp3) is 0.562. The molecule has 21 heavy (non-hydrogen) atoms. The lowest BCUT2D eigenvalue weighted by atomic mass is 9.97. The number of hydrogen-bond donors (Lipinski definition) is 2. The molecular weight excluding hydrogens is 291 g/mol. The van der Waals surface area contributed by atoms with Crippen LogP contribution in [0.5, 0.6) is 0 Å². The van der Waals surface area contributed by atoms with Crippen LogP contribution >= 0.6 is 12.4 Å². The number of amides is 1. The van der Waals surface area contributed by atoms with Crippen molar-refractivity contribution in [1.82, 2.24) is 10.6 Å². The van der Waals surface area contributed by atoms with Gasteiger partial charge in [-0.05, 0) is 44.4 Å². The van der Waals surface area contributed by atoms with Gasteiger partial charge < -0.3 is 10.6 Å². The Bertz CT molecular complexity index is 469. The smallest absolute Gasteiger partial charge is 0.223 e. The molecule has 3 atom stereocenters. The molecule has 2 N–H and O–H groups in total. The number of carbonyl (C=O) groups excluding carboxylic acids is 1. The molecule has 1 heterocycles. The minimum Gasteiger partial charge on any atom is -0.353 e. The van der Waals surface area contributed by atoms with Gasteiger partial charge in [-0.3, -0.25) is 4.79 Å². The zero-order valence-electron chi connectivity index (χ0n) is 12.6. The van der Waals surface area contributed by atoms with Crippen LogP contribution in [0.4, 0.5) is 4.39 Å². The van der Waals surface area contributed by atoms with Crippen molar-refractivity contribution in [1.29, 1.82) is 0 Å². The van der Waals surface area contributed by atoms with Gasteiger partial charge in [0.05, 0.1) is 0 Å². The average Bonchev–Trinajstić information content (AvgIpc) is 2.41. The highest BCUT2D eigenvalue weighted by Gasteiger charge is 2.22. The topological polar surface area (TPSA) is 41.1 Å². The van der Waals surface area contributed by atoms with Crippen molar-refractivity contribution in [3.63, 3.8) is 0 Å². The fourth-order valence-corrected chi connectivity index (χ4v) is 2.69. The molecule has 0 aromatic heterocycles. The summed E-state index contributed by atoms with van der Waals surface area (Å²) in [5, 5.41) is 6.45. The first-order valence-corrected chi connectivity index (χ1v) is 7.33. The molecule has 0 spiro atoms. The number of nitrogens with one attached hydrogen (secondary N) is 2. The molecule has 0 aliphatic carbocycles. The van der Waals surface area contributed by atoms with E-state index in [1.807, 2.05) is 6.92 Å². The van der Waals surface area contributed by atoms with E-state index in [-0.39, 0.29) is 36.1 Å². The van der Waals surface area contributed by atoms with Crippen LogP contribution in [0.1, 0.15) is 32.3 Å². The van der Waals surface area contributed by atoms with E-state index >= 15 is 0 Å². The van der Waals surface area contributed by atoms with Crippen molar-refractivity contribution >= 4 is 18.3 Å². The summed E-state index contributed by atoms with van der Waals surface area (Å²) in [6.45, 7) is 4.92. The van der Waals surface area contributed by atoms with E-state index in [4.69, 9.17) is 0 Å². The zero-order chi connectivity index (χ0) is 14.5. The Morgan fingerprint density at radius 1 is 1.48 bits per heavy atom. The van der Waals surface area contributed by atoms with E-state index in [0.29, 0.717) is 18.0 Å². The highest BCUT2D eigenvalue weighted by atomic mass is 35.5. The van der Waals surface area contributed by atoms with E-state index in [1.165, 1.54) is 6.07 Å². The lowest BCUT2D eigenvalue weighted by Crippen LogP contribution is -2.48. The first-order valence-electron chi connectivity index (χ1n) is 7.33. The van der Waals surface area contributed by atoms with Crippen LogP contribution < -0.4 is 10.6 Å². The maximum atomic E-state index is 13.6. The van der Waals surface area contributed by atoms with Gasteiger partial charge in [0.15, 0.2) is 0 Å². The summed E-state index contributed by atoms with van der Waals surface area (Å²) in [6.07, 6.45) is 2.36. The predicted molar refractivity (Wildman–Crippen MR) is 85.1 cm³/mol. The van der Waals surface area contributed by atoms with Gasteiger partial charge >= 0.3 is 0 Å². The van der Waals surface area contributed by atoms with E-state index < -0.39 is 0 Å². The Morgan fingerprint density at radius 2 is 2.19 bits per heavy atom. The Kier molecular flexibility index (Phi) is 7.12. The van der Waals surface area contributed by atoms with Gasteiger partial charge in [0.1, 0.15) is 5.82 Å². The van der Waals surface area contributed by atoms with Crippen LogP contribution in [-0.4, -0.2) is 24.5 Å². The lowest BCUT2D eigenvalue weighted by molar-refractivity contribution is -0.125. The zero-order valence-corrected chi connectivity index (χ0v) is 13.4. The quantitative estimate of drug-likeness (QED) is 0.897. The Balaban J connectivity index is 0.00000220. The van der Waals surface area contributed by atoms with Crippen LogP contribution in [-0.2, 0) is 11.2 Å². The number of piperidine rings is 1. The molecule has 1 aromatic rings. The largest absolute Gasteiger partial charge is 0.353 e. The minimum atomic E-state index is -0.234. The second kappa shape index (κ2) is 8.35. The molecule has 1 aliphatic heterocycles. The van der Waals surface area contributed by atoms with E-state index in [1.54, 1.807) is 18.2 Å². The Morgan fingerprint density at radius 3 is 2.86 bits per heavy atom. The third-order valence-electron chi connectivity index (χ3n) is 3.90. The molecule has 1 aromatic carbocycles. The van der Waals surface area contributed by atoms with Gasteiger partial charge in [-0.15, -0.1) is 12.4 Å². The molecular formula is C16H24ClFN2O. The molecule has 3 unspecified atom stereocenters. The summed E-state index contributed by atoms with van der Waals surface area (Å²) >= 11 is 0. The van der Waals surface area contributed by atoms with Crippen LogP contribution in [0.3, 0.4) is 0 Å². The van der Waals surface area contributed by atoms with Gasteiger partial charge in [-0.1, -0.05) is 25.1 Å². The van der Waals surface area contributed by atoms with Crippen molar-refractivity contribution < 1.29 is 9.18 Å². The number of benzene rings is 1. The molecule has 1 saturated heterocycles. The molecule has 2 rings (SSSR count). The minimum absolute atomic E-state index is 0. The first kappa shape index (κ1) is 17.9. The van der Waals surface area contributed by atoms with Gasteiger partial charge in [-0.25, -0.2) is 4.39 Å². The summed E-state index contributed by atoms with van der Waals surface area (Å²) in [4.78, 5) is 12.2. The average molecular weight is 315 g/mol. The van der Waals surface area contributed by atoms with Gasteiger partial charge in [0, 0.05) is 18.0 Å². The second-order valence-electron chi connectivity index (χ2n) is 5.78. The maximum absolute atomic E-state index is 13.6. The maximum Gasteiger partial charge on any atom is 0.223 e. The third kappa shape index (κ3) is 5.29. The molecule has 1 aliphatic rings. The normalized spacial score (nSPS) is 23.0. The molecule has 1 fully saturated rings. The number of hydrogen-bond acceptors (Lipinski definition) is 2. The van der Waals surface area contributed by atoms with E-state index in [0.717, 1.165) is 19.4 Å². The second-order valence-corrected chi connectivity index (χ2v) is 5.78. The Hall–Kier alpha value is -1.13. The standard InChI is InChI=1S/C16H23FN2O.ClH/c1-11(9-13-5-3-4-6-15(13)17)16(20)19-14-7-8-18-12(2)10-14;/h3-6,11-12,14,18H,7-10H2,1-2H3,(H,19,20);1H. The van der Waals surface area contributed by atoms with Crippen molar-refractivity contribution in [2.45, 2.75) is 45.2 Å². The molecule has 1 amide bonds. The van der Waals surface area contributed by atoms with Crippen LogP contribution in [0.2, 0.25) is 0 Å². The van der Waals surface area contributed by atoms with Gasteiger partial charge in [0.2, 0.25) is 5.91 Å². The van der Waals surface area contributed by atoms with E-state index in [9.17, 15) is 9.18 Å². The SMILES string of the molecule is CC1CC(NC(=O)C(C)Cc2ccccc2F)CCN1.Cl. The molecule has 0 bridgehead atoms. The predicted octanol–water partition coefficient (Wildman–Crippen LogP) is 2.68. The molecule has 5 heteroatoms. The third-order valence-corrected chi connectivity index (χ3v) is 3.90. The van der Waals surface area contributed by atoms with Gasteiger partial charge in [-0.2, -0.15) is 0 Å². The monoisotopic (exact) mass is 314 g/mol. The first-order chi connectivity index (χ1) is 9.56. The fourth-order valence-electron chi connectivity index (χ4n) is 2.69. The Labute approximate surface area is 132 Å². The highest BCUT2D eigenvalue weighted by Crippen LogP contribution is 2.14. The summed E-state index contributed by atoms with van der Waals surface area (Å²) in [5.41, 5.74) is 0.605. The lowest BCUT2D eigenvalue weighted by Gasteiger charge is -2.29. The molecule has 0 saturated carbocycles. The molecule has 118 valence electrons. The van der Waals surface area contributed by atoms with Crippen LogP contribution in [0, 0.1) is 11.7 Å². The van der Waals surface area contributed by atoms with Crippen LogP contribution in [0.15, 0.2) is 24.3 Å². The summed E-state index contributed by atoms with van der Waals surface area (Å²) in [5.74, 6) is -0.424. The van der Waals surface area contributed by atoms with Crippen molar-refractivity contribution in [3.05, 3.63) is 35.6 Å².